The summed E-state index contributed by atoms with van der Waals surface area (Å²) < 4.78 is 39.3. The number of sulfonamides is 1. The fourth-order valence-corrected chi connectivity index (χ4v) is 4.23. The Morgan fingerprint density at radius 2 is 2.19 bits per heavy atom. The van der Waals surface area contributed by atoms with Crippen LogP contribution in [-0.4, -0.2) is 57.7 Å². The number of aromatic nitrogens is 2. The molecule has 1 unspecified atom stereocenters. The number of hydrogen-bond acceptors (Lipinski definition) is 7. The number of imidazole rings is 1. The molecular weight excluding hydrogens is 372 g/mol. The summed E-state index contributed by atoms with van der Waals surface area (Å²) in [7, 11) is 0.749. The van der Waals surface area contributed by atoms with E-state index >= 15 is 0 Å². The highest BCUT2D eigenvalue weighted by Crippen LogP contribution is 2.40. The third kappa shape index (κ3) is 3.62. The SMILES string of the molecule is COCCOc1cc2c(c(N(C)S(=O)(=O)c3nccn3C)c1)NC(C=O)C2. The van der Waals surface area contributed by atoms with Gasteiger partial charge in [0.2, 0.25) is 5.16 Å². The van der Waals surface area contributed by atoms with Crippen LogP contribution >= 0.6 is 0 Å². The van der Waals surface area contributed by atoms with Crippen LogP contribution in [0.1, 0.15) is 5.56 Å². The summed E-state index contributed by atoms with van der Waals surface area (Å²) in [5, 5.41) is 3.00. The molecule has 1 aliphatic heterocycles. The van der Waals surface area contributed by atoms with Gasteiger partial charge in [-0.25, -0.2) is 4.98 Å². The van der Waals surface area contributed by atoms with Crippen LogP contribution in [0.2, 0.25) is 0 Å². The van der Waals surface area contributed by atoms with E-state index in [4.69, 9.17) is 9.47 Å². The molecule has 0 spiro atoms. The van der Waals surface area contributed by atoms with Crippen LogP contribution < -0.4 is 14.4 Å². The van der Waals surface area contributed by atoms with E-state index in [0.717, 1.165) is 16.2 Å². The lowest BCUT2D eigenvalue weighted by Gasteiger charge is -2.23. The standard InChI is InChI=1S/C17H22N4O5S/c1-20-5-4-18-17(20)27(23,24)21(2)15-10-14(26-7-6-25-3)9-12-8-13(11-22)19-16(12)15/h4-5,9-11,13,19H,6-8H2,1-3H3. The predicted octanol–water partition coefficient (Wildman–Crippen LogP) is 0.806. The largest absolute Gasteiger partial charge is 0.491 e. The number of carbonyl (C=O) groups excluding carboxylic acids is 1. The van der Waals surface area contributed by atoms with Gasteiger partial charge in [-0.2, -0.15) is 8.42 Å². The minimum atomic E-state index is -3.89. The summed E-state index contributed by atoms with van der Waals surface area (Å²) in [6.07, 6.45) is 4.26. The monoisotopic (exact) mass is 394 g/mol. The number of carbonyl (C=O) groups is 1. The number of ether oxygens (including phenoxy) is 2. The molecule has 0 saturated heterocycles. The second-order valence-corrected chi connectivity index (χ2v) is 8.07. The van der Waals surface area contributed by atoms with Gasteiger partial charge in [0, 0.05) is 46.1 Å². The second kappa shape index (κ2) is 7.57. The number of nitrogens with zero attached hydrogens (tertiary/aromatic N) is 3. The van der Waals surface area contributed by atoms with Crippen molar-refractivity contribution in [2.45, 2.75) is 17.6 Å². The predicted molar refractivity (Wildman–Crippen MR) is 99.8 cm³/mol. The fourth-order valence-electron chi connectivity index (χ4n) is 2.97. The van der Waals surface area contributed by atoms with Crippen molar-refractivity contribution < 1.29 is 22.7 Å². The first-order valence-corrected chi connectivity index (χ1v) is 9.79. The summed E-state index contributed by atoms with van der Waals surface area (Å²) in [4.78, 5) is 15.2. The van der Waals surface area contributed by atoms with Crippen LogP contribution in [0.5, 0.6) is 5.75 Å². The molecule has 10 heteroatoms. The summed E-state index contributed by atoms with van der Waals surface area (Å²) in [6, 6.07) is 3.04. The van der Waals surface area contributed by atoms with Crippen molar-refractivity contribution >= 4 is 27.7 Å². The number of fused-ring (bicyclic) bond motifs is 1. The van der Waals surface area contributed by atoms with E-state index in [1.165, 1.54) is 17.8 Å². The Balaban J connectivity index is 2.03. The van der Waals surface area contributed by atoms with Crippen molar-refractivity contribution in [3.63, 3.8) is 0 Å². The van der Waals surface area contributed by atoms with Gasteiger partial charge in [-0.1, -0.05) is 0 Å². The highest BCUT2D eigenvalue weighted by Gasteiger charge is 2.31. The van der Waals surface area contributed by atoms with Crippen LogP contribution in [-0.2, 0) is 33.0 Å². The Morgan fingerprint density at radius 3 is 2.81 bits per heavy atom. The van der Waals surface area contributed by atoms with Gasteiger partial charge in [-0.05, 0) is 11.6 Å². The maximum absolute atomic E-state index is 13.0. The molecule has 1 aliphatic rings. The van der Waals surface area contributed by atoms with E-state index < -0.39 is 16.1 Å². The summed E-state index contributed by atoms with van der Waals surface area (Å²) in [5.41, 5.74) is 1.82. The second-order valence-electron chi connectivity index (χ2n) is 6.20. The minimum Gasteiger partial charge on any atom is -0.491 e. The summed E-state index contributed by atoms with van der Waals surface area (Å²) in [5.74, 6) is 0.510. The van der Waals surface area contributed by atoms with E-state index in [9.17, 15) is 13.2 Å². The molecule has 1 aromatic carbocycles. The normalized spacial score (nSPS) is 15.9. The molecule has 2 aromatic rings. The molecule has 9 nitrogen and oxygen atoms in total. The maximum Gasteiger partial charge on any atom is 0.298 e. The molecule has 0 aliphatic carbocycles. The molecule has 146 valence electrons. The van der Waals surface area contributed by atoms with E-state index in [1.54, 1.807) is 26.4 Å². The minimum absolute atomic E-state index is 0.0746. The van der Waals surface area contributed by atoms with Crippen LogP contribution in [0.15, 0.2) is 29.7 Å². The van der Waals surface area contributed by atoms with E-state index in [2.05, 4.69) is 10.3 Å². The summed E-state index contributed by atoms with van der Waals surface area (Å²) >= 11 is 0. The lowest BCUT2D eigenvalue weighted by molar-refractivity contribution is -0.108. The van der Waals surface area contributed by atoms with Gasteiger partial charge in [0.25, 0.3) is 10.0 Å². The van der Waals surface area contributed by atoms with Crippen LogP contribution in [0.25, 0.3) is 0 Å². The first kappa shape index (κ1) is 19.2. The summed E-state index contributed by atoms with van der Waals surface area (Å²) in [6.45, 7) is 0.734. The Labute approximate surface area is 158 Å². The zero-order valence-electron chi connectivity index (χ0n) is 15.4. The van der Waals surface area contributed by atoms with Gasteiger partial charge < -0.3 is 24.2 Å². The van der Waals surface area contributed by atoms with Crippen molar-refractivity contribution in [2.75, 3.05) is 37.0 Å². The van der Waals surface area contributed by atoms with Gasteiger partial charge in [0.15, 0.2) is 0 Å². The topological polar surface area (TPSA) is 103 Å². The Hall–Kier alpha value is -2.59. The van der Waals surface area contributed by atoms with E-state index in [-0.39, 0.29) is 5.16 Å². The number of benzene rings is 1. The average molecular weight is 394 g/mol. The van der Waals surface area contributed by atoms with Gasteiger partial charge in [-0.15, -0.1) is 0 Å². The zero-order chi connectivity index (χ0) is 19.6. The van der Waals surface area contributed by atoms with Crippen LogP contribution in [0.4, 0.5) is 11.4 Å². The lowest BCUT2D eigenvalue weighted by Crippen LogP contribution is -2.29. The molecule has 1 aromatic heterocycles. The molecule has 0 bridgehead atoms. The molecule has 0 radical (unpaired) electrons. The molecular formula is C17H22N4O5S. The van der Waals surface area contributed by atoms with E-state index in [1.807, 2.05) is 6.07 Å². The molecule has 27 heavy (non-hydrogen) atoms. The molecule has 3 rings (SSSR count). The number of aryl methyl sites for hydroxylation is 1. The zero-order valence-corrected chi connectivity index (χ0v) is 16.2. The number of hydrogen-bond donors (Lipinski definition) is 1. The number of nitrogens with one attached hydrogen (secondary N) is 1. The van der Waals surface area contributed by atoms with Gasteiger partial charge in [0.1, 0.15) is 18.6 Å². The molecule has 1 atom stereocenters. The average Bonchev–Trinajstić information content (AvgIpc) is 3.26. The van der Waals surface area contributed by atoms with Crippen molar-refractivity contribution in [1.29, 1.82) is 0 Å². The van der Waals surface area contributed by atoms with Crippen molar-refractivity contribution in [1.82, 2.24) is 9.55 Å². The van der Waals surface area contributed by atoms with Gasteiger partial charge in [-0.3, -0.25) is 4.31 Å². The molecule has 0 amide bonds. The number of methoxy groups -OCH3 is 1. The quantitative estimate of drug-likeness (QED) is 0.522. The first-order chi connectivity index (χ1) is 12.9. The fraction of sp³-hybridized carbons (Fsp3) is 0.412. The molecule has 0 saturated carbocycles. The highest BCUT2D eigenvalue weighted by molar-refractivity contribution is 7.92. The highest BCUT2D eigenvalue weighted by atomic mass is 32.2. The van der Waals surface area contributed by atoms with E-state index in [0.29, 0.717) is 36.8 Å². The number of anilines is 2. The third-order valence-corrected chi connectivity index (χ3v) is 6.14. The van der Waals surface area contributed by atoms with Crippen molar-refractivity contribution in [2.24, 2.45) is 7.05 Å². The first-order valence-electron chi connectivity index (χ1n) is 8.35. The Bertz CT molecular complexity index is 941. The molecule has 0 fully saturated rings. The van der Waals surface area contributed by atoms with Crippen molar-refractivity contribution in [3.8, 4) is 5.75 Å². The Morgan fingerprint density at radius 1 is 1.41 bits per heavy atom. The molecule has 1 N–H and O–H groups in total. The number of rotatable bonds is 8. The lowest BCUT2D eigenvalue weighted by atomic mass is 10.1. The molecule has 2 heterocycles. The smallest absolute Gasteiger partial charge is 0.298 e. The van der Waals surface area contributed by atoms with Gasteiger partial charge in [0.05, 0.1) is 24.0 Å². The van der Waals surface area contributed by atoms with Crippen LogP contribution in [0.3, 0.4) is 0 Å². The Kier molecular flexibility index (Phi) is 5.38. The van der Waals surface area contributed by atoms with Crippen molar-refractivity contribution in [3.05, 3.63) is 30.1 Å². The number of aldehydes is 1. The maximum atomic E-state index is 13.0. The van der Waals surface area contributed by atoms with Gasteiger partial charge >= 0.3 is 0 Å². The van der Waals surface area contributed by atoms with Crippen LogP contribution in [0, 0.1) is 0 Å². The third-order valence-electron chi connectivity index (χ3n) is 4.37.